The van der Waals surface area contributed by atoms with Crippen molar-refractivity contribution in [3.63, 3.8) is 0 Å². The molecule has 7 heteroatoms. The molecule has 23 heavy (non-hydrogen) atoms. The Labute approximate surface area is 135 Å². The molecule has 3 atom stereocenters. The van der Waals surface area contributed by atoms with Gasteiger partial charge in [0, 0.05) is 0 Å². The highest BCUT2D eigenvalue weighted by Crippen LogP contribution is 2.11. The van der Waals surface area contributed by atoms with E-state index in [0.717, 1.165) is 5.56 Å². The molecule has 0 aromatic heterocycles. The molecular weight excluding hydrogens is 298 g/mol. The smallest absolute Gasteiger partial charge is 0.305 e. The van der Waals surface area contributed by atoms with Gasteiger partial charge in [0.1, 0.15) is 6.04 Å². The Morgan fingerprint density at radius 1 is 1.13 bits per heavy atom. The van der Waals surface area contributed by atoms with E-state index in [2.05, 4.69) is 10.6 Å². The summed E-state index contributed by atoms with van der Waals surface area (Å²) in [4.78, 5) is 34.7. The number of benzene rings is 1. The lowest BCUT2D eigenvalue weighted by molar-refractivity contribution is -0.139. The summed E-state index contributed by atoms with van der Waals surface area (Å²) in [7, 11) is 0. The predicted octanol–water partition coefficient (Wildman–Crippen LogP) is 0.561. The maximum absolute atomic E-state index is 12.3. The molecule has 0 saturated heterocycles. The van der Waals surface area contributed by atoms with E-state index in [4.69, 9.17) is 10.8 Å². The highest BCUT2D eigenvalue weighted by Gasteiger charge is 2.24. The van der Waals surface area contributed by atoms with E-state index in [1.165, 1.54) is 0 Å². The Hall–Kier alpha value is -2.41. The molecule has 0 bridgehead atoms. The second-order valence-electron chi connectivity index (χ2n) is 5.31. The molecule has 2 amide bonds. The van der Waals surface area contributed by atoms with Crippen molar-refractivity contribution < 1.29 is 19.5 Å². The molecule has 5 N–H and O–H groups in total. The molecule has 1 aromatic rings. The number of rotatable bonds is 8. The number of hydrogen-bond donors (Lipinski definition) is 4. The highest BCUT2D eigenvalue weighted by molar-refractivity contribution is 5.91. The van der Waals surface area contributed by atoms with Crippen LogP contribution in [0.1, 0.15) is 38.3 Å². The van der Waals surface area contributed by atoms with Crippen LogP contribution in [0.4, 0.5) is 0 Å². The third-order valence-electron chi connectivity index (χ3n) is 3.43. The van der Waals surface area contributed by atoms with Gasteiger partial charge in [0.05, 0.1) is 18.5 Å². The molecular formula is C16H23N3O4. The van der Waals surface area contributed by atoms with Crippen molar-refractivity contribution in [2.24, 2.45) is 5.73 Å². The number of carbonyl (C=O) groups excluding carboxylic acids is 2. The molecule has 0 unspecified atom stereocenters. The first kappa shape index (κ1) is 18.6. The first-order valence-corrected chi connectivity index (χ1v) is 7.48. The van der Waals surface area contributed by atoms with Gasteiger partial charge < -0.3 is 21.5 Å². The van der Waals surface area contributed by atoms with E-state index < -0.39 is 30.4 Å². The van der Waals surface area contributed by atoms with Crippen LogP contribution in [0.2, 0.25) is 0 Å². The Morgan fingerprint density at radius 3 is 2.26 bits per heavy atom. The van der Waals surface area contributed by atoms with Gasteiger partial charge in [-0.1, -0.05) is 37.3 Å². The lowest BCUT2D eigenvalue weighted by Crippen LogP contribution is -2.52. The third kappa shape index (κ3) is 6.07. The van der Waals surface area contributed by atoms with Crippen LogP contribution < -0.4 is 16.4 Å². The van der Waals surface area contributed by atoms with Gasteiger partial charge in [-0.2, -0.15) is 0 Å². The van der Waals surface area contributed by atoms with Crippen molar-refractivity contribution in [1.82, 2.24) is 10.6 Å². The fraction of sp³-hybridized carbons (Fsp3) is 0.438. The van der Waals surface area contributed by atoms with Crippen molar-refractivity contribution in [2.45, 2.75) is 44.8 Å². The number of nitrogens with one attached hydrogen (secondary N) is 2. The number of carboxylic acid groups (broad SMARTS) is 1. The van der Waals surface area contributed by atoms with Crippen LogP contribution in [-0.2, 0) is 14.4 Å². The van der Waals surface area contributed by atoms with Gasteiger partial charge in [-0.3, -0.25) is 14.4 Å². The molecule has 0 spiro atoms. The van der Waals surface area contributed by atoms with Gasteiger partial charge in [0.15, 0.2) is 0 Å². The molecule has 7 nitrogen and oxygen atoms in total. The van der Waals surface area contributed by atoms with Crippen molar-refractivity contribution in [2.75, 3.05) is 0 Å². The minimum absolute atomic E-state index is 0.206. The Bertz CT molecular complexity index is 548. The average Bonchev–Trinajstić information content (AvgIpc) is 2.52. The quantitative estimate of drug-likeness (QED) is 0.557. The largest absolute Gasteiger partial charge is 0.481 e. The summed E-state index contributed by atoms with van der Waals surface area (Å²) >= 11 is 0. The SMILES string of the molecule is CC[C@@H](NC(=O)[C@@H](N)CC(=O)O)C(=O)N[C@@H](C)c1ccccc1. The van der Waals surface area contributed by atoms with Gasteiger partial charge in [0.25, 0.3) is 0 Å². The van der Waals surface area contributed by atoms with Crippen LogP contribution in [0.5, 0.6) is 0 Å². The van der Waals surface area contributed by atoms with Crippen molar-refractivity contribution >= 4 is 17.8 Å². The Balaban J connectivity index is 2.61. The molecule has 126 valence electrons. The lowest BCUT2D eigenvalue weighted by Gasteiger charge is -2.21. The second-order valence-corrected chi connectivity index (χ2v) is 5.31. The molecule has 0 aliphatic rings. The van der Waals surface area contributed by atoms with E-state index in [1.807, 2.05) is 37.3 Å². The van der Waals surface area contributed by atoms with Gasteiger partial charge in [-0.25, -0.2) is 0 Å². The molecule has 0 saturated carbocycles. The summed E-state index contributed by atoms with van der Waals surface area (Å²) in [6.07, 6.45) is -0.108. The first-order chi connectivity index (χ1) is 10.8. The molecule has 0 aliphatic heterocycles. The highest BCUT2D eigenvalue weighted by atomic mass is 16.4. The standard InChI is InChI=1S/C16H23N3O4/c1-3-13(19-15(22)12(17)9-14(20)21)16(23)18-10(2)11-7-5-4-6-8-11/h4-8,10,12-13H,3,9,17H2,1-2H3,(H,18,23)(H,19,22)(H,20,21)/t10-,12-,13+/m0/s1. The zero-order valence-corrected chi connectivity index (χ0v) is 13.3. The van der Waals surface area contributed by atoms with Gasteiger partial charge in [0.2, 0.25) is 11.8 Å². The predicted molar refractivity (Wildman–Crippen MR) is 85.4 cm³/mol. The van der Waals surface area contributed by atoms with Crippen molar-refractivity contribution in [3.8, 4) is 0 Å². The van der Waals surface area contributed by atoms with E-state index in [0.29, 0.717) is 6.42 Å². The summed E-state index contributed by atoms with van der Waals surface area (Å²) in [6, 6.07) is 7.29. The number of hydrogen-bond acceptors (Lipinski definition) is 4. The van der Waals surface area contributed by atoms with Gasteiger partial charge in [-0.15, -0.1) is 0 Å². The van der Waals surface area contributed by atoms with Crippen LogP contribution in [0.25, 0.3) is 0 Å². The summed E-state index contributed by atoms with van der Waals surface area (Å²) in [6.45, 7) is 3.60. The topological polar surface area (TPSA) is 122 Å². The summed E-state index contributed by atoms with van der Waals surface area (Å²) in [5.74, 6) is -2.15. The van der Waals surface area contributed by atoms with Crippen LogP contribution in [0.15, 0.2) is 30.3 Å². The van der Waals surface area contributed by atoms with Crippen LogP contribution >= 0.6 is 0 Å². The summed E-state index contributed by atoms with van der Waals surface area (Å²) in [5.41, 5.74) is 6.44. The number of nitrogens with two attached hydrogens (primary N) is 1. The van der Waals surface area contributed by atoms with Gasteiger partial charge in [-0.05, 0) is 18.9 Å². The third-order valence-corrected chi connectivity index (χ3v) is 3.43. The molecule has 0 radical (unpaired) electrons. The average molecular weight is 321 g/mol. The molecule has 1 aromatic carbocycles. The lowest BCUT2D eigenvalue weighted by atomic mass is 10.1. The molecule has 0 aliphatic carbocycles. The number of carboxylic acids is 1. The fourth-order valence-corrected chi connectivity index (χ4v) is 2.05. The molecule has 0 fully saturated rings. The summed E-state index contributed by atoms with van der Waals surface area (Å²) in [5, 5.41) is 13.9. The van der Waals surface area contributed by atoms with E-state index in [9.17, 15) is 14.4 Å². The summed E-state index contributed by atoms with van der Waals surface area (Å²) < 4.78 is 0. The zero-order chi connectivity index (χ0) is 17.4. The minimum Gasteiger partial charge on any atom is -0.481 e. The number of amides is 2. The molecule has 1 rings (SSSR count). The zero-order valence-electron chi connectivity index (χ0n) is 13.3. The number of carbonyl (C=O) groups is 3. The second kappa shape index (κ2) is 8.89. The maximum Gasteiger partial charge on any atom is 0.305 e. The minimum atomic E-state index is -1.18. The Kier molecular flexibility index (Phi) is 7.21. The van der Waals surface area contributed by atoms with E-state index >= 15 is 0 Å². The monoisotopic (exact) mass is 321 g/mol. The van der Waals surface area contributed by atoms with Crippen molar-refractivity contribution in [1.29, 1.82) is 0 Å². The fourth-order valence-electron chi connectivity index (χ4n) is 2.05. The first-order valence-electron chi connectivity index (χ1n) is 7.48. The number of aliphatic carboxylic acids is 1. The van der Waals surface area contributed by atoms with Crippen LogP contribution in [-0.4, -0.2) is 35.0 Å². The van der Waals surface area contributed by atoms with E-state index in [-0.39, 0.29) is 11.9 Å². The van der Waals surface area contributed by atoms with Crippen LogP contribution in [0.3, 0.4) is 0 Å². The van der Waals surface area contributed by atoms with Crippen molar-refractivity contribution in [3.05, 3.63) is 35.9 Å². The van der Waals surface area contributed by atoms with E-state index in [1.54, 1.807) is 6.92 Å². The van der Waals surface area contributed by atoms with Crippen LogP contribution in [0, 0.1) is 0 Å². The maximum atomic E-state index is 12.3. The Morgan fingerprint density at radius 2 is 1.74 bits per heavy atom. The van der Waals surface area contributed by atoms with Gasteiger partial charge >= 0.3 is 5.97 Å². The molecule has 0 heterocycles. The normalized spacial score (nSPS) is 14.4.